The third kappa shape index (κ3) is 4.57. The zero-order chi connectivity index (χ0) is 12.0. The van der Waals surface area contributed by atoms with Crippen LogP contribution >= 0.6 is 0 Å². The lowest BCUT2D eigenvalue weighted by atomic mass is 10.1. The molecule has 1 unspecified atom stereocenters. The van der Waals surface area contributed by atoms with Crippen LogP contribution in [0.15, 0.2) is 12.4 Å². The van der Waals surface area contributed by atoms with Gasteiger partial charge in [-0.25, -0.2) is 9.97 Å². The Morgan fingerprint density at radius 1 is 1.38 bits per heavy atom. The van der Waals surface area contributed by atoms with E-state index >= 15 is 0 Å². The minimum absolute atomic E-state index is 0.132. The van der Waals surface area contributed by atoms with Crippen LogP contribution in [0.2, 0.25) is 0 Å². The molecule has 0 amide bonds. The summed E-state index contributed by atoms with van der Waals surface area (Å²) in [5.74, 6) is 0.628. The lowest BCUT2D eigenvalue weighted by Gasteiger charge is -2.11. The number of rotatable bonds is 6. The molecule has 0 saturated heterocycles. The summed E-state index contributed by atoms with van der Waals surface area (Å²) in [6.07, 6.45) is 4.56. The molecular formula is C12H21N3O. The standard InChI is InChI=1S/C12H21N3O/c1-4-5-10(13)6-11-7-12(15-8-14-11)16-9(2)3/h7-10H,4-6,13H2,1-3H3. The minimum Gasteiger partial charge on any atom is -0.475 e. The van der Waals surface area contributed by atoms with Gasteiger partial charge in [-0.1, -0.05) is 13.3 Å². The highest BCUT2D eigenvalue weighted by Gasteiger charge is 2.06. The summed E-state index contributed by atoms with van der Waals surface area (Å²) < 4.78 is 5.50. The number of hydrogen-bond acceptors (Lipinski definition) is 4. The Morgan fingerprint density at radius 3 is 2.75 bits per heavy atom. The van der Waals surface area contributed by atoms with Gasteiger partial charge >= 0.3 is 0 Å². The van der Waals surface area contributed by atoms with Gasteiger partial charge in [0.1, 0.15) is 6.33 Å². The van der Waals surface area contributed by atoms with Gasteiger partial charge in [0, 0.05) is 24.2 Å². The number of nitrogens with two attached hydrogens (primary N) is 1. The van der Waals surface area contributed by atoms with Gasteiger partial charge in [0.05, 0.1) is 6.10 Å². The quantitative estimate of drug-likeness (QED) is 0.800. The van der Waals surface area contributed by atoms with Crippen molar-refractivity contribution >= 4 is 0 Å². The molecule has 4 heteroatoms. The fourth-order valence-electron chi connectivity index (χ4n) is 1.54. The van der Waals surface area contributed by atoms with E-state index in [0.717, 1.165) is 25.0 Å². The van der Waals surface area contributed by atoms with Gasteiger partial charge in [-0.2, -0.15) is 0 Å². The van der Waals surface area contributed by atoms with E-state index in [2.05, 4.69) is 16.9 Å². The Bertz CT molecular complexity index is 315. The van der Waals surface area contributed by atoms with E-state index < -0.39 is 0 Å². The van der Waals surface area contributed by atoms with Crippen LogP contribution < -0.4 is 10.5 Å². The highest BCUT2D eigenvalue weighted by Crippen LogP contribution is 2.11. The Morgan fingerprint density at radius 2 is 2.12 bits per heavy atom. The van der Waals surface area contributed by atoms with Crippen molar-refractivity contribution in [2.45, 2.75) is 52.2 Å². The van der Waals surface area contributed by atoms with E-state index in [4.69, 9.17) is 10.5 Å². The topological polar surface area (TPSA) is 61.0 Å². The monoisotopic (exact) mass is 223 g/mol. The maximum atomic E-state index is 5.97. The van der Waals surface area contributed by atoms with Gasteiger partial charge in [-0.3, -0.25) is 0 Å². The summed E-state index contributed by atoms with van der Waals surface area (Å²) in [5.41, 5.74) is 6.92. The molecular weight excluding hydrogens is 202 g/mol. The lowest BCUT2D eigenvalue weighted by Crippen LogP contribution is -2.23. The molecule has 1 heterocycles. The molecule has 0 aliphatic heterocycles. The zero-order valence-electron chi connectivity index (χ0n) is 10.3. The van der Waals surface area contributed by atoms with Crippen molar-refractivity contribution in [1.29, 1.82) is 0 Å². The van der Waals surface area contributed by atoms with Gasteiger partial charge in [-0.05, 0) is 20.3 Å². The molecule has 0 aliphatic carbocycles. The van der Waals surface area contributed by atoms with Crippen LogP contribution in [0.5, 0.6) is 5.88 Å². The molecule has 1 aromatic rings. The van der Waals surface area contributed by atoms with Gasteiger partial charge in [0.25, 0.3) is 0 Å². The van der Waals surface area contributed by atoms with Crippen LogP contribution in [0.4, 0.5) is 0 Å². The molecule has 0 bridgehead atoms. The van der Waals surface area contributed by atoms with E-state index in [1.807, 2.05) is 19.9 Å². The van der Waals surface area contributed by atoms with Crippen LogP contribution in [0.3, 0.4) is 0 Å². The summed E-state index contributed by atoms with van der Waals surface area (Å²) in [5, 5.41) is 0. The van der Waals surface area contributed by atoms with Crippen molar-refractivity contribution in [1.82, 2.24) is 9.97 Å². The first-order valence-corrected chi connectivity index (χ1v) is 5.85. The van der Waals surface area contributed by atoms with E-state index in [0.29, 0.717) is 5.88 Å². The molecule has 1 rings (SSSR count). The van der Waals surface area contributed by atoms with Gasteiger partial charge < -0.3 is 10.5 Å². The largest absolute Gasteiger partial charge is 0.475 e. The lowest BCUT2D eigenvalue weighted by molar-refractivity contribution is 0.232. The van der Waals surface area contributed by atoms with Crippen molar-refractivity contribution in [2.24, 2.45) is 5.73 Å². The highest BCUT2D eigenvalue weighted by atomic mass is 16.5. The van der Waals surface area contributed by atoms with Crippen molar-refractivity contribution in [3.8, 4) is 5.88 Å². The first kappa shape index (κ1) is 12.9. The van der Waals surface area contributed by atoms with Gasteiger partial charge in [0.2, 0.25) is 5.88 Å². The molecule has 1 atom stereocenters. The average molecular weight is 223 g/mol. The summed E-state index contributed by atoms with van der Waals surface area (Å²) >= 11 is 0. The maximum absolute atomic E-state index is 5.97. The second-order valence-electron chi connectivity index (χ2n) is 4.27. The molecule has 0 fully saturated rings. The molecule has 0 spiro atoms. The van der Waals surface area contributed by atoms with E-state index in [1.165, 1.54) is 6.33 Å². The summed E-state index contributed by atoms with van der Waals surface area (Å²) in [4.78, 5) is 8.26. The van der Waals surface area contributed by atoms with Crippen molar-refractivity contribution < 1.29 is 4.74 Å². The molecule has 16 heavy (non-hydrogen) atoms. The first-order chi connectivity index (χ1) is 7.61. The third-order valence-electron chi connectivity index (χ3n) is 2.19. The van der Waals surface area contributed by atoms with Crippen LogP contribution in [-0.2, 0) is 6.42 Å². The second kappa shape index (κ2) is 6.43. The van der Waals surface area contributed by atoms with Crippen molar-refractivity contribution in [3.63, 3.8) is 0 Å². The van der Waals surface area contributed by atoms with Crippen LogP contribution in [0, 0.1) is 0 Å². The summed E-state index contributed by atoms with van der Waals surface area (Å²) in [6.45, 7) is 6.09. The Balaban J connectivity index is 2.59. The fraction of sp³-hybridized carbons (Fsp3) is 0.667. The normalized spacial score (nSPS) is 12.8. The Hall–Kier alpha value is -1.16. The number of aromatic nitrogens is 2. The van der Waals surface area contributed by atoms with Gasteiger partial charge in [-0.15, -0.1) is 0 Å². The third-order valence-corrected chi connectivity index (χ3v) is 2.19. The zero-order valence-corrected chi connectivity index (χ0v) is 10.3. The van der Waals surface area contributed by atoms with E-state index in [1.54, 1.807) is 0 Å². The second-order valence-corrected chi connectivity index (χ2v) is 4.27. The Kier molecular flexibility index (Phi) is 5.19. The molecule has 90 valence electrons. The van der Waals surface area contributed by atoms with E-state index in [-0.39, 0.29) is 12.1 Å². The summed E-state index contributed by atoms with van der Waals surface area (Å²) in [7, 11) is 0. The fourth-order valence-corrected chi connectivity index (χ4v) is 1.54. The van der Waals surface area contributed by atoms with Gasteiger partial charge in [0.15, 0.2) is 0 Å². The maximum Gasteiger partial charge on any atom is 0.216 e. The molecule has 0 aromatic carbocycles. The molecule has 2 N–H and O–H groups in total. The molecule has 0 radical (unpaired) electrons. The molecule has 0 aliphatic rings. The average Bonchev–Trinajstić information content (AvgIpc) is 2.17. The van der Waals surface area contributed by atoms with Crippen molar-refractivity contribution in [3.05, 3.63) is 18.1 Å². The molecule has 1 aromatic heterocycles. The smallest absolute Gasteiger partial charge is 0.216 e. The summed E-state index contributed by atoms with van der Waals surface area (Å²) in [6, 6.07) is 2.04. The van der Waals surface area contributed by atoms with Crippen molar-refractivity contribution in [2.75, 3.05) is 0 Å². The number of ether oxygens (including phenoxy) is 1. The van der Waals surface area contributed by atoms with Crippen LogP contribution in [0.25, 0.3) is 0 Å². The SMILES string of the molecule is CCCC(N)Cc1cc(OC(C)C)ncn1. The minimum atomic E-state index is 0.132. The first-order valence-electron chi connectivity index (χ1n) is 5.85. The molecule has 4 nitrogen and oxygen atoms in total. The number of hydrogen-bond donors (Lipinski definition) is 1. The predicted molar refractivity (Wildman–Crippen MR) is 64.4 cm³/mol. The van der Waals surface area contributed by atoms with Crippen LogP contribution in [0.1, 0.15) is 39.3 Å². The molecule has 0 saturated carbocycles. The number of nitrogens with zero attached hydrogens (tertiary/aromatic N) is 2. The van der Waals surface area contributed by atoms with E-state index in [9.17, 15) is 0 Å². The predicted octanol–water partition coefficient (Wildman–Crippen LogP) is 1.93. The van der Waals surface area contributed by atoms with Crippen LogP contribution in [-0.4, -0.2) is 22.1 Å². The highest BCUT2D eigenvalue weighted by molar-refractivity contribution is 5.14. The Labute approximate surface area is 97.2 Å².